The molecule has 1 saturated heterocycles. The first-order valence-corrected chi connectivity index (χ1v) is 7.07. The minimum absolute atomic E-state index is 0.270. The van der Waals surface area contributed by atoms with Gasteiger partial charge in [0.15, 0.2) is 0 Å². The van der Waals surface area contributed by atoms with E-state index in [1.165, 1.54) is 12.1 Å². The van der Waals surface area contributed by atoms with Gasteiger partial charge in [-0.3, -0.25) is 4.90 Å². The highest BCUT2D eigenvalue weighted by Crippen LogP contribution is 2.38. The molecule has 110 valence electrons. The van der Waals surface area contributed by atoms with E-state index in [0.29, 0.717) is 18.4 Å². The predicted octanol–water partition coefficient (Wildman–Crippen LogP) is 2.87. The summed E-state index contributed by atoms with van der Waals surface area (Å²) >= 11 is 0. The summed E-state index contributed by atoms with van der Waals surface area (Å²) in [5.41, 5.74) is 6.25. The molecule has 0 bridgehead atoms. The van der Waals surface area contributed by atoms with Gasteiger partial charge < -0.3 is 5.73 Å². The molecular weight excluding hydrogens is 265 g/mol. The van der Waals surface area contributed by atoms with Crippen LogP contribution in [0, 0.1) is 11.8 Å². The Bertz CT molecular complexity index is 486. The number of fused-ring (bicyclic) bond motifs is 1. The summed E-state index contributed by atoms with van der Waals surface area (Å²) in [5, 5.41) is 0. The van der Waals surface area contributed by atoms with E-state index in [4.69, 9.17) is 5.73 Å². The third-order valence-electron chi connectivity index (χ3n) is 4.65. The molecule has 20 heavy (non-hydrogen) atoms. The van der Waals surface area contributed by atoms with Crippen LogP contribution >= 0.6 is 0 Å². The molecule has 5 heteroatoms. The second kappa shape index (κ2) is 5.04. The summed E-state index contributed by atoms with van der Waals surface area (Å²) < 4.78 is 38.1. The number of benzene rings is 1. The SMILES string of the molecule is NC1CCC2CN(Cc3cccc(C(F)(F)F)c3)C[C@@H]12. The topological polar surface area (TPSA) is 29.3 Å². The lowest BCUT2D eigenvalue weighted by Crippen LogP contribution is -2.30. The minimum Gasteiger partial charge on any atom is -0.327 e. The molecule has 1 heterocycles. The van der Waals surface area contributed by atoms with Crippen molar-refractivity contribution in [3.05, 3.63) is 35.4 Å². The van der Waals surface area contributed by atoms with Crippen molar-refractivity contribution >= 4 is 0 Å². The van der Waals surface area contributed by atoms with E-state index >= 15 is 0 Å². The van der Waals surface area contributed by atoms with E-state index in [1.807, 2.05) is 0 Å². The Morgan fingerprint density at radius 1 is 1.20 bits per heavy atom. The number of hydrogen-bond acceptors (Lipinski definition) is 2. The average molecular weight is 284 g/mol. The van der Waals surface area contributed by atoms with Gasteiger partial charge >= 0.3 is 6.18 Å². The number of hydrogen-bond donors (Lipinski definition) is 1. The Labute approximate surface area is 116 Å². The highest BCUT2D eigenvalue weighted by molar-refractivity contribution is 5.25. The molecule has 3 atom stereocenters. The molecule has 1 aromatic carbocycles. The van der Waals surface area contributed by atoms with E-state index in [-0.39, 0.29) is 6.04 Å². The monoisotopic (exact) mass is 284 g/mol. The first kappa shape index (κ1) is 13.9. The second-order valence-electron chi connectivity index (χ2n) is 6.06. The van der Waals surface area contributed by atoms with Crippen LogP contribution in [0.15, 0.2) is 24.3 Å². The molecule has 1 aromatic rings. The lowest BCUT2D eigenvalue weighted by molar-refractivity contribution is -0.137. The molecule has 0 amide bonds. The van der Waals surface area contributed by atoms with Crippen LogP contribution in [0.5, 0.6) is 0 Å². The van der Waals surface area contributed by atoms with Crippen LogP contribution in [-0.2, 0) is 12.7 Å². The van der Waals surface area contributed by atoms with Crippen molar-refractivity contribution in [2.24, 2.45) is 17.6 Å². The quantitative estimate of drug-likeness (QED) is 0.905. The zero-order valence-corrected chi connectivity index (χ0v) is 11.2. The first-order valence-electron chi connectivity index (χ1n) is 7.07. The van der Waals surface area contributed by atoms with Crippen LogP contribution in [0.4, 0.5) is 13.2 Å². The molecule has 0 spiro atoms. The lowest BCUT2D eigenvalue weighted by Gasteiger charge is -2.19. The van der Waals surface area contributed by atoms with Crippen LogP contribution < -0.4 is 5.73 Å². The number of rotatable bonds is 2. The van der Waals surface area contributed by atoms with Gasteiger partial charge in [0.2, 0.25) is 0 Å². The van der Waals surface area contributed by atoms with Crippen LogP contribution in [-0.4, -0.2) is 24.0 Å². The predicted molar refractivity (Wildman–Crippen MR) is 70.9 cm³/mol. The third kappa shape index (κ3) is 2.69. The summed E-state index contributed by atoms with van der Waals surface area (Å²) in [6.45, 7) is 2.47. The molecule has 1 aliphatic carbocycles. The van der Waals surface area contributed by atoms with Crippen molar-refractivity contribution in [2.45, 2.75) is 31.6 Å². The molecule has 1 saturated carbocycles. The van der Waals surface area contributed by atoms with Crippen molar-refractivity contribution in [3.8, 4) is 0 Å². The van der Waals surface area contributed by atoms with E-state index in [9.17, 15) is 13.2 Å². The molecule has 2 nitrogen and oxygen atoms in total. The summed E-state index contributed by atoms with van der Waals surface area (Å²) in [4.78, 5) is 2.24. The van der Waals surface area contributed by atoms with Gasteiger partial charge in [0.05, 0.1) is 5.56 Å². The number of halogens is 3. The van der Waals surface area contributed by atoms with Crippen molar-refractivity contribution in [1.29, 1.82) is 0 Å². The maximum absolute atomic E-state index is 12.7. The number of alkyl halides is 3. The molecule has 2 aliphatic rings. The maximum Gasteiger partial charge on any atom is 0.416 e. The first-order chi connectivity index (χ1) is 9.43. The fraction of sp³-hybridized carbons (Fsp3) is 0.600. The van der Waals surface area contributed by atoms with Crippen LogP contribution in [0.1, 0.15) is 24.0 Å². The summed E-state index contributed by atoms with van der Waals surface area (Å²) in [6, 6.07) is 5.91. The van der Waals surface area contributed by atoms with Gasteiger partial charge in [-0.2, -0.15) is 13.2 Å². The fourth-order valence-corrected chi connectivity index (χ4v) is 3.63. The van der Waals surface area contributed by atoms with Gasteiger partial charge in [-0.15, -0.1) is 0 Å². The van der Waals surface area contributed by atoms with Crippen molar-refractivity contribution in [3.63, 3.8) is 0 Å². The molecule has 1 aliphatic heterocycles. The van der Waals surface area contributed by atoms with Gasteiger partial charge in [0.25, 0.3) is 0 Å². The van der Waals surface area contributed by atoms with Gasteiger partial charge in [-0.05, 0) is 36.3 Å². The van der Waals surface area contributed by atoms with Crippen molar-refractivity contribution < 1.29 is 13.2 Å². The summed E-state index contributed by atoms with van der Waals surface area (Å²) in [6.07, 6.45) is -2.02. The zero-order chi connectivity index (χ0) is 14.3. The van der Waals surface area contributed by atoms with E-state index < -0.39 is 11.7 Å². The molecule has 0 radical (unpaired) electrons. The van der Waals surface area contributed by atoms with Gasteiger partial charge in [-0.25, -0.2) is 0 Å². The number of likely N-dealkylation sites (tertiary alicyclic amines) is 1. The molecule has 2 unspecified atom stereocenters. The fourth-order valence-electron chi connectivity index (χ4n) is 3.63. The Balaban J connectivity index is 1.67. The Hall–Kier alpha value is -1.07. The Morgan fingerprint density at radius 3 is 2.70 bits per heavy atom. The van der Waals surface area contributed by atoms with E-state index in [2.05, 4.69) is 4.90 Å². The Morgan fingerprint density at radius 2 is 2.00 bits per heavy atom. The zero-order valence-electron chi connectivity index (χ0n) is 11.2. The van der Waals surface area contributed by atoms with Crippen molar-refractivity contribution in [1.82, 2.24) is 4.90 Å². The van der Waals surface area contributed by atoms with E-state index in [1.54, 1.807) is 6.07 Å². The van der Waals surface area contributed by atoms with Gasteiger partial charge in [-0.1, -0.05) is 18.2 Å². The van der Waals surface area contributed by atoms with Crippen LogP contribution in [0.2, 0.25) is 0 Å². The summed E-state index contributed by atoms with van der Waals surface area (Å²) in [7, 11) is 0. The second-order valence-corrected chi connectivity index (χ2v) is 6.06. The minimum atomic E-state index is -4.26. The van der Waals surface area contributed by atoms with Gasteiger partial charge in [0, 0.05) is 25.7 Å². The highest BCUT2D eigenvalue weighted by Gasteiger charge is 2.40. The van der Waals surface area contributed by atoms with Gasteiger partial charge in [0.1, 0.15) is 0 Å². The maximum atomic E-state index is 12.7. The van der Waals surface area contributed by atoms with Crippen LogP contribution in [0.25, 0.3) is 0 Å². The summed E-state index contributed by atoms with van der Waals surface area (Å²) in [5.74, 6) is 1.16. The molecule has 2 fully saturated rings. The standard InChI is InChI=1S/C15H19F3N2/c16-15(17,18)12-3-1-2-10(6-12)7-20-8-11-4-5-14(19)13(11)9-20/h1-3,6,11,13-14H,4-5,7-9,19H2/t11?,13-,14?/m1/s1. The van der Waals surface area contributed by atoms with E-state index in [0.717, 1.165) is 37.6 Å². The molecule has 2 N–H and O–H groups in total. The molecular formula is C15H19F3N2. The normalized spacial score (nSPS) is 30.7. The molecule has 3 rings (SSSR count). The average Bonchev–Trinajstić information content (AvgIpc) is 2.91. The number of nitrogens with zero attached hydrogens (tertiary/aromatic N) is 1. The smallest absolute Gasteiger partial charge is 0.327 e. The Kier molecular flexibility index (Phi) is 3.50. The van der Waals surface area contributed by atoms with Crippen molar-refractivity contribution in [2.75, 3.05) is 13.1 Å². The largest absolute Gasteiger partial charge is 0.416 e. The third-order valence-corrected chi connectivity index (χ3v) is 4.65. The number of nitrogens with two attached hydrogens (primary N) is 1. The highest BCUT2D eigenvalue weighted by atomic mass is 19.4. The molecule has 0 aromatic heterocycles. The van der Waals surface area contributed by atoms with Crippen LogP contribution in [0.3, 0.4) is 0 Å². The lowest BCUT2D eigenvalue weighted by atomic mass is 9.98.